The number of thiophene rings is 1. The van der Waals surface area contributed by atoms with Gasteiger partial charge in [0.15, 0.2) is 0 Å². The molecule has 9 heteroatoms. The first-order valence-corrected chi connectivity index (χ1v) is 11.2. The highest BCUT2D eigenvalue weighted by Gasteiger charge is 2.13. The highest BCUT2D eigenvalue weighted by molar-refractivity contribution is 7.89. The van der Waals surface area contributed by atoms with Crippen molar-refractivity contribution in [3.8, 4) is 0 Å². The van der Waals surface area contributed by atoms with E-state index in [1.165, 1.54) is 35.6 Å². The molecule has 0 radical (unpaired) electrons. The number of sulfonamides is 1. The Morgan fingerprint density at radius 2 is 1.79 bits per heavy atom. The third kappa shape index (κ3) is 5.44. The number of anilines is 1. The Labute approximate surface area is 178 Å². The monoisotopic (exact) mass is 447 g/mol. The van der Waals surface area contributed by atoms with Crippen molar-refractivity contribution in [3.63, 3.8) is 0 Å². The van der Waals surface area contributed by atoms with Crippen LogP contribution in [0.5, 0.6) is 0 Å². The van der Waals surface area contributed by atoms with Gasteiger partial charge in [0.2, 0.25) is 0 Å². The molecular weight excluding hydrogens is 430 g/mol. The molecule has 2 N–H and O–H groups in total. The summed E-state index contributed by atoms with van der Waals surface area (Å²) in [7, 11) is -3.81. The van der Waals surface area contributed by atoms with E-state index in [1.807, 2.05) is 13.0 Å². The molecular formula is C20H18ClN3O3S2. The van der Waals surface area contributed by atoms with Crippen molar-refractivity contribution < 1.29 is 13.2 Å². The smallest absolute Gasteiger partial charge is 0.276 e. The number of nitrogens with zero attached hydrogens (tertiary/aromatic N) is 1. The molecule has 0 saturated carbocycles. The lowest BCUT2D eigenvalue weighted by molar-refractivity contribution is 0.103. The van der Waals surface area contributed by atoms with Crippen molar-refractivity contribution in [1.29, 1.82) is 0 Å². The third-order valence-electron chi connectivity index (χ3n) is 3.96. The zero-order valence-corrected chi connectivity index (χ0v) is 18.0. The van der Waals surface area contributed by atoms with Gasteiger partial charge in [0.25, 0.3) is 15.9 Å². The van der Waals surface area contributed by atoms with E-state index in [1.54, 1.807) is 37.3 Å². The molecule has 0 aliphatic heterocycles. The first-order valence-electron chi connectivity index (χ1n) is 8.54. The Hall–Kier alpha value is -2.68. The predicted octanol–water partition coefficient (Wildman–Crippen LogP) is 4.66. The number of benzene rings is 2. The number of halogens is 1. The molecule has 0 fully saturated rings. The van der Waals surface area contributed by atoms with E-state index in [2.05, 4.69) is 15.2 Å². The van der Waals surface area contributed by atoms with E-state index in [9.17, 15) is 13.2 Å². The molecule has 0 saturated heterocycles. The molecule has 0 spiro atoms. The van der Waals surface area contributed by atoms with Crippen molar-refractivity contribution in [2.24, 2.45) is 5.10 Å². The molecule has 2 aromatic carbocycles. The summed E-state index contributed by atoms with van der Waals surface area (Å²) in [6.45, 7) is 3.61. The van der Waals surface area contributed by atoms with E-state index in [4.69, 9.17) is 11.6 Å². The minimum Gasteiger partial charge on any atom is -0.321 e. The van der Waals surface area contributed by atoms with E-state index in [0.717, 1.165) is 4.88 Å². The van der Waals surface area contributed by atoms with Gasteiger partial charge in [0, 0.05) is 15.6 Å². The van der Waals surface area contributed by atoms with E-state index >= 15 is 0 Å². The van der Waals surface area contributed by atoms with Crippen LogP contribution in [0.25, 0.3) is 0 Å². The SMILES string of the molecule is C/C(=N/NS(=O)(=O)c1ccc(Cl)cc1)c1cccc(NC(=O)c2ccc(C)s2)c1. The summed E-state index contributed by atoms with van der Waals surface area (Å²) < 4.78 is 24.7. The summed E-state index contributed by atoms with van der Waals surface area (Å²) in [4.78, 5) is 16.3. The summed E-state index contributed by atoms with van der Waals surface area (Å²) in [6.07, 6.45) is 0. The van der Waals surface area contributed by atoms with Crippen molar-refractivity contribution >= 4 is 50.3 Å². The predicted molar refractivity (Wildman–Crippen MR) is 117 cm³/mol. The summed E-state index contributed by atoms with van der Waals surface area (Å²) in [6, 6.07) is 16.5. The molecule has 3 aromatic rings. The topological polar surface area (TPSA) is 87.6 Å². The van der Waals surface area contributed by atoms with Gasteiger partial charge in [-0.15, -0.1) is 11.3 Å². The van der Waals surface area contributed by atoms with E-state index < -0.39 is 10.0 Å². The summed E-state index contributed by atoms with van der Waals surface area (Å²) in [5.41, 5.74) is 1.71. The second-order valence-corrected chi connectivity index (χ2v) is 9.58. The molecule has 1 amide bonds. The fourth-order valence-electron chi connectivity index (χ4n) is 2.43. The standard InChI is InChI=1S/C20H18ClN3O3S2/c1-13-6-11-19(28-13)20(25)22-17-5-3-4-15(12-17)14(2)23-24-29(26,27)18-9-7-16(21)8-10-18/h3-12,24H,1-2H3,(H,22,25)/b23-14-. The van der Waals surface area contributed by atoms with Gasteiger partial charge in [0.1, 0.15) is 0 Å². The summed E-state index contributed by atoms with van der Waals surface area (Å²) >= 11 is 7.20. The first kappa shape index (κ1) is 21.0. The van der Waals surface area contributed by atoms with Crippen LogP contribution in [0.4, 0.5) is 5.69 Å². The molecule has 0 unspecified atom stereocenters. The number of amides is 1. The Balaban J connectivity index is 1.73. The van der Waals surface area contributed by atoms with Crippen LogP contribution in [-0.4, -0.2) is 20.0 Å². The van der Waals surface area contributed by atoms with Gasteiger partial charge in [-0.3, -0.25) is 4.79 Å². The van der Waals surface area contributed by atoms with Gasteiger partial charge < -0.3 is 5.32 Å². The fraction of sp³-hybridized carbons (Fsp3) is 0.100. The number of nitrogens with one attached hydrogen (secondary N) is 2. The van der Waals surface area contributed by atoms with Crippen LogP contribution < -0.4 is 10.1 Å². The molecule has 1 aromatic heterocycles. The average Bonchev–Trinajstić information content (AvgIpc) is 3.13. The quantitative estimate of drug-likeness (QED) is 0.425. The van der Waals surface area contributed by atoms with E-state index in [0.29, 0.717) is 26.9 Å². The Kier molecular flexibility index (Phi) is 6.36. The Bertz CT molecular complexity index is 1170. The molecule has 29 heavy (non-hydrogen) atoms. The van der Waals surface area contributed by atoms with Crippen molar-refractivity contribution in [3.05, 3.63) is 81.0 Å². The van der Waals surface area contributed by atoms with Crippen LogP contribution in [0.2, 0.25) is 5.02 Å². The Morgan fingerprint density at radius 3 is 2.45 bits per heavy atom. The van der Waals surface area contributed by atoms with Gasteiger partial charge in [-0.05, 0) is 67.9 Å². The molecule has 0 atom stereocenters. The van der Waals surface area contributed by atoms with Crippen LogP contribution >= 0.6 is 22.9 Å². The number of hydrazone groups is 1. The lowest BCUT2D eigenvalue weighted by Crippen LogP contribution is -2.20. The number of carbonyl (C=O) groups excluding carboxylic acids is 1. The molecule has 3 rings (SSSR count). The highest BCUT2D eigenvalue weighted by atomic mass is 35.5. The van der Waals surface area contributed by atoms with Crippen LogP contribution in [0.15, 0.2) is 70.7 Å². The third-order valence-corrected chi connectivity index (χ3v) is 6.44. The molecule has 0 aliphatic carbocycles. The molecule has 6 nitrogen and oxygen atoms in total. The minimum atomic E-state index is -3.81. The Morgan fingerprint density at radius 1 is 1.07 bits per heavy atom. The van der Waals surface area contributed by atoms with Gasteiger partial charge in [0.05, 0.1) is 15.5 Å². The van der Waals surface area contributed by atoms with Crippen LogP contribution in [0.1, 0.15) is 27.0 Å². The number of rotatable bonds is 6. The number of aryl methyl sites for hydroxylation is 1. The first-order chi connectivity index (χ1) is 13.7. The van der Waals surface area contributed by atoms with Gasteiger partial charge in [-0.2, -0.15) is 18.4 Å². The summed E-state index contributed by atoms with van der Waals surface area (Å²) in [5, 5.41) is 7.26. The van der Waals surface area contributed by atoms with Crippen LogP contribution in [-0.2, 0) is 10.0 Å². The lowest BCUT2D eigenvalue weighted by atomic mass is 10.1. The lowest BCUT2D eigenvalue weighted by Gasteiger charge is -2.08. The second-order valence-electron chi connectivity index (χ2n) is 6.19. The number of hydrogen-bond donors (Lipinski definition) is 2. The number of hydrogen-bond acceptors (Lipinski definition) is 5. The molecule has 1 heterocycles. The van der Waals surface area contributed by atoms with Gasteiger partial charge in [-0.1, -0.05) is 23.7 Å². The second kappa shape index (κ2) is 8.77. The summed E-state index contributed by atoms with van der Waals surface area (Å²) in [5.74, 6) is -0.196. The van der Waals surface area contributed by atoms with Crippen LogP contribution in [0.3, 0.4) is 0 Å². The molecule has 150 valence electrons. The maximum atomic E-state index is 12.3. The highest BCUT2D eigenvalue weighted by Crippen LogP contribution is 2.18. The maximum absolute atomic E-state index is 12.3. The minimum absolute atomic E-state index is 0.0608. The van der Waals surface area contributed by atoms with Crippen molar-refractivity contribution in [2.75, 3.05) is 5.32 Å². The van der Waals surface area contributed by atoms with Crippen molar-refractivity contribution in [1.82, 2.24) is 4.83 Å². The largest absolute Gasteiger partial charge is 0.321 e. The zero-order valence-electron chi connectivity index (χ0n) is 15.6. The van der Waals surface area contributed by atoms with Gasteiger partial charge >= 0.3 is 0 Å². The van der Waals surface area contributed by atoms with Gasteiger partial charge in [-0.25, -0.2) is 0 Å². The zero-order chi connectivity index (χ0) is 21.0. The van der Waals surface area contributed by atoms with Crippen LogP contribution in [0, 0.1) is 6.92 Å². The maximum Gasteiger partial charge on any atom is 0.276 e. The normalized spacial score (nSPS) is 11.9. The fourth-order valence-corrected chi connectivity index (χ4v) is 4.18. The number of carbonyl (C=O) groups is 1. The van der Waals surface area contributed by atoms with E-state index in [-0.39, 0.29) is 10.8 Å². The molecule has 0 bridgehead atoms. The molecule has 0 aliphatic rings. The average molecular weight is 448 g/mol. The van der Waals surface area contributed by atoms with Crippen molar-refractivity contribution in [2.45, 2.75) is 18.7 Å².